The van der Waals surface area contributed by atoms with Gasteiger partial charge in [-0.25, -0.2) is 0 Å². The highest BCUT2D eigenvalue weighted by Crippen LogP contribution is 2.19. The Morgan fingerprint density at radius 2 is 1.65 bits per heavy atom. The molecule has 1 amide bonds. The summed E-state index contributed by atoms with van der Waals surface area (Å²) in [7, 11) is 0. The monoisotopic (exact) mass is 276 g/mol. The van der Waals surface area contributed by atoms with Crippen LogP contribution >= 0.6 is 0 Å². The highest BCUT2D eigenvalue weighted by molar-refractivity contribution is 5.90. The zero-order valence-electron chi connectivity index (χ0n) is 13.3. The molecule has 1 rings (SSSR count). The smallest absolute Gasteiger partial charge is 0.224 e. The summed E-state index contributed by atoms with van der Waals surface area (Å²) < 4.78 is 0. The Kier molecular flexibility index (Phi) is 7.13. The van der Waals surface area contributed by atoms with Gasteiger partial charge >= 0.3 is 0 Å². The van der Waals surface area contributed by atoms with E-state index in [2.05, 4.69) is 50.0 Å². The van der Waals surface area contributed by atoms with E-state index in [9.17, 15) is 4.79 Å². The molecular weight excluding hydrogens is 248 g/mol. The molecule has 0 unspecified atom stereocenters. The molecule has 1 aromatic carbocycles. The first-order valence-electron chi connectivity index (χ1n) is 7.71. The predicted molar refractivity (Wildman–Crippen MR) is 87.3 cm³/mol. The molecule has 0 aromatic heterocycles. The summed E-state index contributed by atoms with van der Waals surface area (Å²) >= 11 is 0. The van der Waals surface area contributed by atoms with Gasteiger partial charge in [0.1, 0.15) is 0 Å². The first-order chi connectivity index (χ1) is 9.56. The highest BCUT2D eigenvalue weighted by atomic mass is 16.1. The summed E-state index contributed by atoms with van der Waals surface area (Å²) in [6.07, 6.45) is 2.86. The molecule has 20 heavy (non-hydrogen) atoms. The molecule has 3 heteroatoms. The van der Waals surface area contributed by atoms with Crippen molar-refractivity contribution < 1.29 is 4.79 Å². The number of carbonyl (C=O) groups is 1. The van der Waals surface area contributed by atoms with Crippen LogP contribution in [0.5, 0.6) is 0 Å². The van der Waals surface area contributed by atoms with Crippen molar-refractivity contribution in [1.82, 2.24) is 0 Å². The lowest BCUT2D eigenvalue weighted by molar-refractivity contribution is -0.116. The van der Waals surface area contributed by atoms with Gasteiger partial charge in [0.25, 0.3) is 0 Å². The molecule has 112 valence electrons. The SMILES string of the molecule is CCCN(CCC)c1ccc(NC(=O)CC(C)C)cc1. The minimum absolute atomic E-state index is 0.0896. The Bertz CT molecular complexity index is 392. The lowest BCUT2D eigenvalue weighted by atomic mass is 10.1. The van der Waals surface area contributed by atoms with E-state index in [1.54, 1.807) is 0 Å². The fourth-order valence-electron chi connectivity index (χ4n) is 2.25. The maximum Gasteiger partial charge on any atom is 0.224 e. The van der Waals surface area contributed by atoms with Crippen molar-refractivity contribution in [2.24, 2.45) is 5.92 Å². The predicted octanol–water partition coefficient (Wildman–Crippen LogP) is 4.30. The zero-order chi connectivity index (χ0) is 15.0. The largest absolute Gasteiger partial charge is 0.372 e. The average molecular weight is 276 g/mol. The summed E-state index contributed by atoms with van der Waals surface area (Å²) in [5.74, 6) is 0.477. The van der Waals surface area contributed by atoms with Crippen molar-refractivity contribution in [3.63, 3.8) is 0 Å². The molecule has 0 saturated heterocycles. The maximum atomic E-state index is 11.7. The molecule has 3 nitrogen and oxygen atoms in total. The minimum atomic E-state index is 0.0896. The van der Waals surface area contributed by atoms with E-state index in [1.807, 2.05) is 12.1 Å². The number of benzene rings is 1. The van der Waals surface area contributed by atoms with Crippen LogP contribution in [0.2, 0.25) is 0 Å². The third-order valence-corrected chi connectivity index (χ3v) is 3.10. The van der Waals surface area contributed by atoms with Gasteiger partial charge in [-0.2, -0.15) is 0 Å². The normalized spacial score (nSPS) is 10.7. The van der Waals surface area contributed by atoms with E-state index in [0.717, 1.165) is 31.6 Å². The molecule has 0 heterocycles. The van der Waals surface area contributed by atoms with Gasteiger partial charge in [0, 0.05) is 30.9 Å². The van der Waals surface area contributed by atoms with Crippen LogP contribution in [-0.4, -0.2) is 19.0 Å². The van der Waals surface area contributed by atoms with Crippen molar-refractivity contribution in [2.45, 2.75) is 47.0 Å². The molecule has 0 spiro atoms. The van der Waals surface area contributed by atoms with E-state index in [-0.39, 0.29) is 5.91 Å². The van der Waals surface area contributed by atoms with Gasteiger partial charge in [-0.1, -0.05) is 27.7 Å². The van der Waals surface area contributed by atoms with Gasteiger partial charge in [0.2, 0.25) is 5.91 Å². The van der Waals surface area contributed by atoms with Gasteiger partial charge in [-0.3, -0.25) is 4.79 Å². The molecule has 0 bridgehead atoms. The first-order valence-corrected chi connectivity index (χ1v) is 7.71. The third kappa shape index (κ3) is 5.64. The number of nitrogens with one attached hydrogen (secondary N) is 1. The van der Waals surface area contributed by atoms with Crippen LogP contribution in [0.1, 0.15) is 47.0 Å². The van der Waals surface area contributed by atoms with Crippen LogP contribution in [-0.2, 0) is 4.79 Å². The van der Waals surface area contributed by atoms with Crippen molar-refractivity contribution in [2.75, 3.05) is 23.3 Å². The van der Waals surface area contributed by atoms with Crippen LogP contribution in [0.3, 0.4) is 0 Å². The van der Waals surface area contributed by atoms with Gasteiger partial charge in [-0.15, -0.1) is 0 Å². The zero-order valence-corrected chi connectivity index (χ0v) is 13.3. The number of carbonyl (C=O) groups excluding carboxylic acids is 1. The first kappa shape index (κ1) is 16.5. The molecular formula is C17H28N2O. The van der Waals surface area contributed by atoms with Crippen LogP contribution in [0.15, 0.2) is 24.3 Å². The van der Waals surface area contributed by atoms with E-state index in [4.69, 9.17) is 0 Å². The molecule has 0 aliphatic heterocycles. The van der Waals surface area contributed by atoms with Crippen LogP contribution in [0.4, 0.5) is 11.4 Å². The van der Waals surface area contributed by atoms with Crippen LogP contribution in [0, 0.1) is 5.92 Å². The fraction of sp³-hybridized carbons (Fsp3) is 0.588. The number of nitrogens with zero attached hydrogens (tertiary/aromatic N) is 1. The second-order valence-corrected chi connectivity index (χ2v) is 5.68. The number of anilines is 2. The topological polar surface area (TPSA) is 32.3 Å². The van der Waals surface area contributed by atoms with E-state index in [1.165, 1.54) is 5.69 Å². The van der Waals surface area contributed by atoms with Crippen molar-refractivity contribution in [3.8, 4) is 0 Å². The molecule has 0 atom stereocenters. The third-order valence-electron chi connectivity index (χ3n) is 3.10. The molecule has 0 aliphatic carbocycles. The number of amides is 1. The Morgan fingerprint density at radius 3 is 2.10 bits per heavy atom. The van der Waals surface area contributed by atoms with Gasteiger partial charge in [-0.05, 0) is 43.0 Å². The van der Waals surface area contributed by atoms with Gasteiger partial charge in [0.15, 0.2) is 0 Å². The van der Waals surface area contributed by atoms with Gasteiger partial charge in [0.05, 0.1) is 0 Å². The molecule has 1 N–H and O–H groups in total. The van der Waals surface area contributed by atoms with Crippen LogP contribution in [0.25, 0.3) is 0 Å². The average Bonchev–Trinajstić information content (AvgIpc) is 2.38. The summed E-state index contributed by atoms with van der Waals surface area (Å²) in [5.41, 5.74) is 2.11. The summed E-state index contributed by atoms with van der Waals surface area (Å²) in [6.45, 7) is 10.7. The lowest BCUT2D eigenvalue weighted by Gasteiger charge is -2.24. The summed E-state index contributed by atoms with van der Waals surface area (Å²) in [6, 6.07) is 8.17. The Balaban J connectivity index is 2.64. The number of rotatable bonds is 8. The quantitative estimate of drug-likeness (QED) is 0.768. The Morgan fingerprint density at radius 1 is 1.10 bits per heavy atom. The molecule has 0 fully saturated rings. The lowest BCUT2D eigenvalue weighted by Crippen LogP contribution is -2.24. The second kappa shape index (κ2) is 8.62. The number of hydrogen-bond acceptors (Lipinski definition) is 2. The fourth-order valence-corrected chi connectivity index (χ4v) is 2.25. The molecule has 0 saturated carbocycles. The van der Waals surface area contributed by atoms with Crippen LogP contribution < -0.4 is 10.2 Å². The minimum Gasteiger partial charge on any atom is -0.372 e. The van der Waals surface area contributed by atoms with Crippen molar-refractivity contribution >= 4 is 17.3 Å². The van der Waals surface area contributed by atoms with E-state index < -0.39 is 0 Å². The van der Waals surface area contributed by atoms with Gasteiger partial charge < -0.3 is 10.2 Å². The summed E-state index contributed by atoms with van der Waals surface area (Å²) in [5, 5.41) is 2.95. The molecule has 0 aliphatic rings. The van der Waals surface area contributed by atoms with Crippen molar-refractivity contribution in [3.05, 3.63) is 24.3 Å². The molecule has 0 radical (unpaired) electrons. The highest BCUT2D eigenvalue weighted by Gasteiger charge is 2.07. The van der Waals surface area contributed by atoms with E-state index in [0.29, 0.717) is 12.3 Å². The Hall–Kier alpha value is -1.51. The second-order valence-electron chi connectivity index (χ2n) is 5.68. The summed E-state index contributed by atoms with van der Waals surface area (Å²) in [4.78, 5) is 14.1. The molecule has 1 aromatic rings. The van der Waals surface area contributed by atoms with E-state index >= 15 is 0 Å². The van der Waals surface area contributed by atoms with Crippen molar-refractivity contribution in [1.29, 1.82) is 0 Å². The Labute approximate surface area is 123 Å². The maximum absolute atomic E-state index is 11.7. The standard InChI is InChI=1S/C17H28N2O/c1-5-11-19(12-6-2)16-9-7-15(8-10-16)18-17(20)13-14(3)4/h7-10,14H,5-6,11-13H2,1-4H3,(H,18,20). The number of hydrogen-bond donors (Lipinski definition) is 1.